The maximum atomic E-state index is 10.9. The predicted octanol–water partition coefficient (Wildman–Crippen LogP) is 0.160. The Balaban J connectivity index is 2.30. The first-order valence-electron chi connectivity index (χ1n) is 5.50. The van der Waals surface area contributed by atoms with Crippen LogP contribution in [-0.2, 0) is 10.0 Å². The topological polar surface area (TPSA) is 73.2 Å². The second-order valence-corrected chi connectivity index (χ2v) is 6.24. The Bertz CT molecular complexity index is 353. The predicted molar refractivity (Wildman–Crippen MR) is 62.2 cm³/mol. The zero-order valence-electron chi connectivity index (χ0n) is 9.81. The minimum Gasteiger partial charge on any atom is -0.288 e. The summed E-state index contributed by atoms with van der Waals surface area (Å²) in [4.78, 5) is 2.14. The molecule has 16 heavy (non-hydrogen) atoms. The van der Waals surface area contributed by atoms with Crippen LogP contribution in [0.3, 0.4) is 0 Å². The Morgan fingerprint density at radius 1 is 1.50 bits per heavy atom. The van der Waals surface area contributed by atoms with Gasteiger partial charge in [-0.3, -0.25) is 4.90 Å². The molecule has 1 aliphatic rings. The first kappa shape index (κ1) is 13.4. The molecule has 0 saturated carbocycles. The Morgan fingerprint density at radius 2 is 2.06 bits per heavy atom. The lowest BCUT2D eigenvalue weighted by molar-refractivity contribution is 0.166. The highest BCUT2D eigenvalue weighted by Gasteiger charge is 2.22. The van der Waals surface area contributed by atoms with Crippen molar-refractivity contribution in [2.24, 2.45) is 5.92 Å². The lowest BCUT2D eigenvalue weighted by Crippen LogP contribution is -2.42. The van der Waals surface area contributed by atoms with Gasteiger partial charge < -0.3 is 0 Å². The van der Waals surface area contributed by atoms with Gasteiger partial charge in [-0.25, -0.2) is 13.1 Å². The van der Waals surface area contributed by atoms with Gasteiger partial charge in [-0.1, -0.05) is 0 Å². The summed E-state index contributed by atoms with van der Waals surface area (Å²) in [6, 6.07) is 2.18. The van der Waals surface area contributed by atoms with E-state index < -0.39 is 10.0 Å². The largest absolute Gasteiger partial charge is 0.288 e. The van der Waals surface area contributed by atoms with Crippen molar-refractivity contribution in [3.63, 3.8) is 0 Å². The van der Waals surface area contributed by atoms with Gasteiger partial charge >= 0.3 is 0 Å². The monoisotopic (exact) mass is 245 g/mol. The zero-order valence-corrected chi connectivity index (χ0v) is 10.6. The Labute approximate surface area is 97.5 Å². The number of piperidine rings is 1. The second-order valence-electron chi connectivity index (χ2n) is 4.41. The van der Waals surface area contributed by atoms with Gasteiger partial charge in [0.1, 0.15) is 0 Å². The third-order valence-electron chi connectivity index (χ3n) is 3.02. The summed E-state index contributed by atoms with van der Waals surface area (Å²) in [6.07, 6.45) is 3.09. The fourth-order valence-corrected chi connectivity index (χ4v) is 2.43. The molecule has 1 saturated heterocycles. The lowest BCUT2D eigenvalue weighted by atomic mass is 9.96. The van der Waals surface area contributed by atoms with E-state index in [9.17, 15) is 8.42 Å². The number of hydrogen-bond donors (Lipinski definition) is 1. The van der Waals surface area contributed by atoms with E-state index in [1.807, 2.05) is 6.92 Å². The van der Waals surface area contributed by atoms with Crippen LogP contribution in [0.25, 0.3) is 0 Å². The van der Waals surface area contributed by atoms with Crippen LogP contribution in [0.2, 0.25) is 0 Å². The van der Waals surface area contributed by atoms with E-state index in [1.54, 1.807) is 0 Å². The summed E-state index contributed by atoms with van der Waals surface area (Å²) < 4.78 is 24.4. The van der Waals surface area contributed by atoms with Gasteiger partial charge in [0.05, 0.1) is 18.4 Å². The maximum Gasteiger partial charge on any atom is 0.208 e. The standard InChI is InChI=1S/C10H19N3O2S/c1-9(7-11)13-5-3-10(4-6-13)8-12-16(2,14)15/h9-10,12H,3-6,8H2,1-2H3/t9-/m0/s1. The van der Waals surface area contributed by atoms with Crippen LogP contribution < -0.4 is 4.72 Å². The summed E-state index contributed by atoms with van der Waals surface area (Å²) in [7, 11) is -3.07. The van der Waals surface area contributed by atoms with Crippen molar-refractivity contribution in [2.75, 3.05) is 25.9 Å². The molecule has 1 N–H and O–H groups in total. The molecule has 1 fully saturated rings. The summed E-state index contributed by atoms with van der Waals surface area (Å²) in [5.74, 6) is 0.400. The molecule has 0 radical (unpaired) electrons. The SMILES string of the molecule is C[C@@H](C#N)N1CCC(CNS(C)(=O)=O)CC1. The molecule has 0 unspecified atom stereocenters. The number of nitrogens with zero attached hydrogens (tertiary/aromatic N) is 2. The highest BCUT2D eigenvalue weighted by molar-refractivity contribution is 7.88. The Morgan fingerprint density at radius 3 is 2.50 bits per heavy atom. The van der Waals surface area contributed by atoms with Gasteiger partial charge in [0.2, 0.25) is 10.0 Å². The average molecular weight is 245 g/mol. The third-order valence-corrected chi connectivity index (χ3v) is 3.71. The second kappa shape index (κ2) is 5.62. The highest BCUT2D eigenvalue weighted by atomic mass is 32.2. The molecule has 0 bridgehead atoms. The molecule has 0 aliphatic carbocycles. The normalized spacial score (nSPS) is 21.6. The van der Waals surface area contributed by atoms with Crippen molar-refractivity contribution in [3.8, 4) is 6.07 Å². The molecule has 0 amide bonds. The van der Waals surface area contributed by atoms with E-state index in [2.05, 4.69) is 15.7 Å². The number of likely N-dealkylation sites (tertiary alicyclic amines) is 1. The molecule has 0 aromatic carbocycles. The number of sulfonamides is 1. The number of hydrogen-bond acceptors (Lipinski definition) is 4. The number of nitriles is 1. The Kier molecular flexibility index (Phi) is 4.71. The fourth-order valence-electron chi connectivity index (χ4n) is 1.90. The van der Waals surface area contributed by atoms with Crippen molar-refractivity contribution in [2.45, 2.75) is 25.8 Å². The molecule has 92 valence electrons. The van der Waals surface area contributed by atoms with E-state index in [1.165, 1.54) is 6.26 Å². The molecule has 0 aromatic rings. The van der Waals surface area contributed by atoms with E-state index in [4.69, 9.17) is 5.26 Å². The van der Waals surface area contributed by atoms with Gasteiger partial charge in [-0.2, -0.15) is 5.26 Å². The van der Waals surface area contributed by atoms with E-state index in [0.717, 1.165) is 25.9 Å². The van der Waals surface area contributed by atoms with Crippen LogP contribution >= 0.6 is 0 Å². The van der Waals surface area contributed by atoms with Crippen LogP contribution in [0.5, 0.6) is 0 Å². The van der Waals surface area contributed by atoms with Gasteiger partial charge in [0, 0.05) is 6.54 Å². The molecule has 0 aromatic heterocycles. The van der Waals surface area contributed by atoms with Crippen LogP contribution in [-0.4, -0.2) is 45.2 Å². The smallest absolute Gasteiger partial charge is 0.208 e. The molecule has 1 atom stereocenters. The summed E-state index contributed by atoms with van der Waals surface area (Å²) in [6.45, 7) is 4.18. The Hall–Kier alpha value is -0.640. The summed E-state index contributed by atoms with van der Waals surface area (Å²) in [5, 5.41) is 8.78. The van der Waals surface area contributed by atoms with Crippen molar-refractivity contribution in [3.05, 3.63) is 0 Å². The minimum absolute atomic E-state index is 0.0381. The van der Waals surface area contributed by atoms with Crippen LogP contribution in [0, 0.1) is 17.2 Å². The van der Waals surface area contributed by atoms with E-state index >= 15 is 0 Å². The quantitative estimate of drug-likeness (QED) is 0.765. The molecular formula is C10H19N3O2S. The van der Waals surface area contributed by atoms with Crippen molar-refractivity contribution in [1.29, 1.82) is 5.26 Å². The first-order chi connectivity index (χ1) is 7.42. The summed E-state index contributed by atoms with van der Waals surface area (Å²) >= 11 is 0. The zero-order chi connectivity index (χ0) is 12.2. The van der Waals surface area contributed by atoms with Gasteiger partial charge in [-0.05, 0) is 38.8 Å². The summed E-state index contributed by atoms with van der Waals surface area (Å²) in [5.41, 5.74) is 0. The number of nitrogens with one attached hydrogen (secondary N) is 1. The molecular weight excluding hydrogens is 226 g/mol. The lowest BCUT2D eigenvalue weighted by Gasteiger charge is -2.33. The molecule has 5 nitrogen and oxygen atoms in total. The minimum atomic E-state index is -3.07. The molecule has 1 heterocycles. The molecule has 0 spiro atoms. The van der Waals surface area contributed by atoms with E-state index in [-0.39, 0.29) is 6.04 Å². The van der Waals surface area contributed by atoms with Crippen LogP contribution in [0.15, 0.2) is 0 Å². The highest BCUT2D eigenvalue weighted by Crippen LogP contribution is 2.18. The van der Waals surface area contributed by atoms with E-state index in [0.29, 0.717) is 12.5 Å². The molecule has 6 heteroatoms. The number of rotatable bonds is 4. The fraction of sp³-hybridized carbons (Fsp3) is 0.900. The van der Waals surface area contributed by atoms with Gasteiger partial charge in [0.15, 0.2) is 0 Å². The van der Waals surface area contributed by atoms with Gasteiger partial charge in [-0.15, -0.1) is 0 Å². The van der Waals surface area contributed by atoms with Crippen molar-refractivity contribution in [1.82, 2.24) is 9.62 Å². The average Bonchev–Trinajstić information content (AvgIpc) is 2.25. The molecule has 1 aliphatic heterocycles. The van der Waals surface area contributed by atoms with Crippen LogP contribution in [0.4, 0.5) is 0 Å². The van der Waals surface area contributed by atoms with Crippen molar-refractivity contribution < 1.29 is 8.42 Å². The van der Waals surface area contributed by atoms with Crippen LogP contribution in [0.1, 0.15) is 19.8 Å². The van der Waals surface area contributed by atoms with Gasteiger partial charge in [0.25, 0.3) is 0 Å². The van der Waals surface area contributed by atoms with Crippen molar-refractivity contribution >= 4 is 10.0 Å². The maximum absolute atomic E-state index is 10.9. The first-order valence-corrected chi connectivity index (χ1v) is 7.40. The third kappa shape index (κ3) is 4.47. The molecule has 1 rings (SSSR count).